The van der Waals surface area contributed by atoms with Crippen molar-refractivity contribution in [1.29, 1.82) is 0 Å². The second-order valence-corrected chi connectivity index (χ2v) is 7.02. The molecule has 1 aromatic carbocycles. The van der Waals surface area contributed by atoms with E-state index in [2.05, 4.69) is 22.1 Å². The van der Waals surface area contributed by atoms with Gasteiger partial charge in [0.15, 0.2) is 0 Å². The van der Waals surface area contributed by atoms with E-state index in [1.807, 2.05) is 25.1 Å². The molecule has 1 aromatic heterocycles. The van der Waals surface area contributed by atoms with E-state index in [4.69, 9.17) is 17.6 Å². The van der Waals surface area contributed by atoms with E-state index >= 15 is 0 Å². The summed E-state index contributed by atoms with van der Waals surface area (Å²) in [6, 6.07) is 5.56. The van der Waals surface area contributed by atoms with Crippen LogP contribution in [0.1, 0.15) is 25.0 Å². The highest BCUT2D eigenvalue weighted by atomic mass is 32.2. The van der Waals surface area contributed by atoms with Crippen molar-refractivity contribution in [3.8, 4) is 30.4 Å². The second kappa shape index (κ2) is 7.51. The molecule has 1 atom stereocenters. The molecule has 0 saturated carbocycles. The Morgan fingerprint density at radius 3 is 2.68 bits per heavy atom. The Morgan fingerprint density at radius 1 is 1.36 bits per heavy atom. The number of aryl methyl sites for hydroxylation is 1. The average Bonchev–Trinajstić information content (AvgIpc) is 2.58. The Bertz CT molecular complexity index is 891. The number of terminal acetylenes is 2. The maximum absolute atomic E-state index is 12.4. The molecule has 128 valence electrons. The number of carbonyl (C=O) groups excluding carboxylic acids is 1. The predicted octanol–water partition coefficient (Wildman–Crippen LogP) is 3.12. The number of hydrogen-bond donors (Lipinski definition) is 1. The number of benzene rings is 1. The lowest BCUT2D eigenvalue weighted by molar-refractivity contribution is -0.125. The molecule has 2 aromatic rings. The smallest absolute Gasteiger partial charge is 0.272 e. The molecule has 1 heterocycles. The third-order valence-corrected chi connectivity index (χ3v) is 4.32. The molecule has 0 fully saturated rings. The second-order valence-electron chi connectivity index (χ2n) is 6.12. The summed E-state index contributed by atoms with van der Waals surface area (Å²) < 4.78 is 5.88. The minimum Gasteiger partial charge on any atom is -0.470 e. The fourth-order valence-corrected chi connectivity index (χ4v) is 2.76. The van der Waals surface area contributed by atoms with Crippen LogP contribution in [0.2, 0.25) is 0 Å². The monoisotopic (exact) mass is 352 g/mol. The first kappa shape index (κ1) is 18.7. The highest BCUT2D eigenvalue weighted by Gasteiger charge is 2.25. The van der Waals surface area contributed by atoms with Crippen molar-refractivity contribution < 1.29 is 9.53 Å². The van der Waals surface area contributed by atoms with Gasteiger partial charge in [-0.25, -0.2) is 0 Å². The molecule has 0 radical (unpaired) electrons. The van der Waals surface area contributed by atoms with E-state index in [0.29, 0.717) is 11.3 Å². The standard InChI is InChI=1S/C20H20N2O2S/c1-7-14-10-15-11-16(9-13(3)17(15)21-12-14)24-19(25-6)18(23)22-20(4,5)8-2/h1-2,9-12,19H,3-6H3,(H,22,23). The van der Waals surface area contributed by atoms with E-state index in [9.17, 15) is 4.79 Å². The van der Waals surface area contributed by atoms with Crippen molar-refractivity contribution in [3.63, 3.8) is 0 Å². The third-order valence-electron chi connectivity index (χ3n) is 3.58. The average molecular weight is 352 g/mol. The van der Waals surface area contributed by atoms with Gasteiger partial charge in [-0.2, -0.15) is 0 Å². The maximum atomic E-state index is 12.4. The summed E-state index contributed by atoms with van der Waals surface area (Å²) in [5, 5.41) is 3.66. The Balaban J connectivity index is 2.30. The van der Waals surface area contributed by atoms with Gasteiger partial charge in [-0.15, -0.1) is 24.6 Å². The molecule has 4 nitrogen and oxygen atoms in total. The number of ether oxygens (including phenoxy) is 1. The van der Waals surface area contributed by atoms with Crippen molar-refractivity contribution >= 4 is 28.6 Å². The number of fused-ring (bicyclic) bond motifs is 1. The van der Waals surface area contributed by atoms with E-state index in [0.717, 1.165) is 16.5 Å². The topological polar surface area (TPSA) is 51.2 Å². The fraction of sp³-hybridized carbons (Fsp3) is 0.300. The largest absolute Gasteiger partial charge is 0.470 e. The molecule has 0 aliphatic carbocycles. The fourth-order valence-electron chi connectivity index (χ4n) is 2.28. The van der Waals surface area contributed by atoms with Gasteiger partial charge in [-0.3, -0.25) is 9.78 Å². The van der Waals surface area contributed by atoms with Crippen LogP contribution in [0.4, 0.5) is 0 Å². The first-order chi connectivity index (χ1) is 11.8. The van der Waals surface area contributed by atoms with Gasteiger partial charge >= 0.3 is 0 Å². The SMILES string of the molecule is C#Cc1cnc2c(C)cc(OC(SC)C(=O)NC(C)(C)C#C)cc2c1. The van der Waals surface area contributed by atoms with Gasteiger partial charge in [0.25, 0.3) is 5.91 Å². The van der Waals surface area contributed by atoms with Gasteiger partial charge in [0.05, 0.1) is 11.1 Å². The van der Waals surface area contributed by atoms with Crippen molar-refractivity contribution in [2.45, 2.75) is 31.7 Å². The van der Waals surface area contributed by atoms with Crippen LogP contribution in [0.15, 0.2) is 24.4 Å². The van der Waals surface area contributed by atoms with E-state index < -0.39 is 11.0 Å². The number of aromatic nitrogens is 1. The Kier molecular flexibility index (Phi) is 5.62. The number of pyridine rings is 1. The normalized spacial score (nSPS) is 12.1. The van der Waals surface area contributed by atoms with Crippen molar-refractivity contribution in [1.82, 2.24) is 10.3 Å². The van der Waals surface area contributed by atoms with Gasteiger partial charge in [-0.05, 0) is 50.8 Å². The van der Waals surface area contributed by atoms with Crippen molar-refractivity contribution in [2.75, 3.05) is 6.26 Å². The number of carbonyl (C=O) groups is 1. The number of amides is 1. The highest BCUT2D eigenvalue weighted by Crippen LogP contribution is 2.26. The molecule has 1 unspecified atom stereocenters. The van der Waals surface area contributed by atoms with E-state index in [1.54, 1.807) is 26.3 Å². The van der Waals surface area contributed by atoms with Crippen LogP contribution in [0, 0.1) is 31.6 Å². The van der Waals surface area contributed by atoms with Crippen molar-refractivity contribution in [2.24, 2.45) is 0 Å². The number of nitrogens with one attached hydrogen (secondary N) is 1. The van der Waals surface area contributed by atoms with Crippen LogP contribution in [0.25, 0.3) is 10.9 Å². The van der Waals surface area contributed by atoms with Gasteiger partial charge in [0.1, 0.15) is 5.75 Å². The third kappa shape index (κ3) is 4.47. The Hall–Kier alpha value is -2.63. The van der Waals surface area contributed by atoms with Crippen LogP contribution >= 0.6 is 11.8 Å². The number of nitrogens with zero attached hydrogens (tertiary/aromatic N) is 1. The van der Waals surface area contributed by atoms with Gasteiger partial charge < -0.3 is 10.1 Å². The minimum absolute atomic E-state index is 0.274. The zero-order valence-electron chi connectivity index (χ0n) is 14.7. The lowest BCUT2D eigenvalue weighted by atomic mass is 10.1. The predicted molar refractivity (Wildman–Crippen MR) is 103 cm³/mol. The highest BCUT2D eigenvalue weighted by molar-refractivity contribution is 7.99. The molecule has 0 spiro atoms. The molecular formula is C20H20N2O2S. The summed E-state index contributed by atoms with van der Waals surface area (Å²) in [4.78, 5) is 16.8. The summed E-state index contributed by atoms with van der Waals surface area (Å²) in [7, 11) is 0. The molecule has 2 rings (SSSR count). The summed E-state index contributed by atoms with van der Waals surface area (Å²) >= 11 is 1.29. The van der Waals surface area contributed by atoms with Crippen LogP contribution in [-0.4, -0.2) is 28.1 Å². The molecule has 0 aliphatic rings. The first-order valence-electron chi connectivity index (χ1n) is 7.66. The summed E-state index contributed by atoms with van der Waals surface area (Å²) in [5.74, 6) is 5.41. The zero-order chi connectivity index (χ0) is 18.6. The molecule has 1 amide bonds. The quantitative estimate of drug-likeness (QED) is 0.664. The van der Waals surface area contributed by atoms with Gasteiger partial charge in [0.2, 0.25) is 5.44 Å². The van der Waals surface area contributed by atoms with Crippen LogP contribution < -0.4 is 10.1 Å². The van der Waals surface area contributed by atoms with Crippen molar-refractivity contribution in [3.05, 3.63) is 35.5 Å². The van der Waals surface area contributed by atoms with Crippen LogP contribution in [0.3, 0.4) is 0 Å². The number of hydrogen-bond acceptors (Lipinski definition) is 4. The molecule has 0 saturated heterocycles. The number of thioether (sulfide) groups is 1. The van der Waals surface area contributed by atoms with Gasteiger partial charge in [-0.1, -0.05) is 11.8 Å². The van der Waals surface area contributed by atoms with Crippen LogP contribution in [-0.2, 0) is 4.79 Å². The lowest BCUT2D eigenvalue weighted by Gasteiger charge is -2.24. The summed E-state index contributed by atoms with van der Waals surface area (Å²) in [6.45, 7) is 5.46. The molecule has 25 heavy (non-hydrogen) atoms. The van der Waals surface area contributed by atoms with E-state index in [1.165, 1.54) is 11.8 Å². The lowest BCUT2D eigenvalue weighted by Crippen LogP contribution is -2.47. The minimum atomic E-state index is -0.737. The molecule has 0 bridgehead atoms. The number of rotatable bonds is 5. The Morgan fingerprint density at radius 2 is 2.08 bits per heavy atom. The summed E-state index contributed by atoms with van der Waals surface area (Å²) in [6.07, 6.45) is 14.3. The van der Waals surface area contributed by atoms with E-state index in [-0.39, 0.29) is 5.91 Å². The summed E-state index contributed by atoms with van der Waals surface area (Å²) in [5.41, 5.74) is 1.04. The molecule has 1 N–H and O–H groups in total. The zero-order valence-corrected chi connectivity index (χ0v) is 15.5. The molecule has 5 heteroatoms. The van der Waals surface area contributed by atoms with Gasteiger partial charge in [0, 0.05) is 17.1 Å². The first-order valence-corrected chi connectivity index (χ1v) is 8.94. The molecular weight excluding hydrogens is 332 g/mol. The molecule has 0 aliphatic heterocycles. The van der Waals surface area contributed by atoms with Crippen LogP contribution in [0.5, 0.6) is 5.75 Å². The Labute approximate surface area is 152 Å². The maximum Gasteiger partial charge on any atom is 0.272 e.